The van der Waals surface area contributed by atoms with E-state index in [-0.39, 0.29) is 11.6 Å². The van der Waals surface area contributed by atoms with Gasteiger partial charge in [-0.25, -0.2) is 23.5 Å². The average Bonchev–Trinajstić information content (AvgIpc) is 2.66. The van der Waals surface area contributed by atoms with E-state index in [0.717, 1.165) is 13.5 Å². The Morgan fingerprint density at radius 2 is 2.10 bits per heavy atom. The second-order valence-corrected chi connectivity index (χ2v) is 7.58. The van der Waals surface area contributed by atoms with Crippen molar-refractivity contribution < 1.29 is 18.3 Å². The average molecular weight is 403 g/mol. The summed E-state index contributed by atoms with van der Waals surface area (Å²) >= 11 is 0. The zero-order chi connectivity index (χ0) is 20.8. The summed E-state index contributed by atoms with van der Waals surface area (Å²) in [7, 11) is 0. The van der Waals surface area contributed by atoms with Gasteiger partial charge in [-0.1, -0.05) is 0 Å². The van der Waals surface area contributed by atoms with Gasteiger partial charge in [0, 0.05) is 55.5 Å². The van der Waals surface area contributed by atoms with Crippen LogP contribution in [0.25, 0.3) is 11.3 Å². The molecule has 9 heteroatoms. The molecule has 0 saturated carbocycles. The highest BCUT2D eigenvalue weighted by molar-refractivity contribution is 5.89. The zero-order valence-corrected chi connectivity index (χ0v) is 16.5. The Kier molecular flexibility index (Phi) is 4.85. The number of aromatic nitrogens is 2. The number of nitrogens with one attached hydrogen (secondary N) is 2. The third kappa shape index (κ3) is 3.87. The molecule has 4 heterocycles. The van der Waals surface area contributed by atoms with Crippen molar-refractivity contribution in [2.24, 2.45) is 0 Å². The molecular formula is C20H23F2N5O2. The number of fused-ring (bicyclic) bond motifs is 1. The fourth-order valence-electron chi connectivity index (χ4n) is 3.76. The monoisotopic (exact) mass is 403 g/mol. The molecule has 0 aliphatic carbocycles. The number of rotatable bonds is 3. The quantitative estimate of drug-likeness (QED) is 0.814. The van der Waals surface area contributed by atoms with Crippen molar-refractivity contribution in [3.63, 3.8) is 0 Å². The summed E-state index contributed by atoms with van der Waals surface area (Å²) in [6, 6.07) is 4.79. The molecule has 1 fully saturated rings. The molecule has 2 aliphatic heterocycles. The number of carbonyl (C=O) groups is 1. The van der Waals surface area contributed by atoms with Crippen LogP contribution in [-0.4, -0.2) is 41.7 Å². The highest BCUT2D eigenvalue weighted by atomic mass is 19.3. The van der Waals surface area contributed by atoms with Gasteiger partial charge >= 0.3 is 6.09 Å². The number of alkyl halides is 2. The second kappa shape index (κ2) is 7.22. The standard InChI is InChI=1S/C20H23F2N5O2/c1-11-10-27(7-6-23-11)16-9-13(20(3,21)22)8-15(25-16)14-4-5-24-18-17(14)12(2)29-19(28)26-18/h4-5,8-9,11-12,23H,6-7,10H2,1-3H3,(H,24,26,28)/t11-,12?/m0/s1. The minimum absolute atomic E-state index is 0.109. The number of nitrogens with zero attached hydrogens (tertiary/aromatic N) is 3. The van der Waals surface area contributed by atoms with Crippen LogP contribution >= 0.6 is 0 Å². The van der Waals surface area contributed by atoms with Crippen molar-refractivity contribution in [3.05, 3.63) is 35.5 Å². The Morgan fingerprint density at radius 3 is 2.83 bits per heavy atom. The van der Waals surface area contributed by atoms with Crippen LogP contribution in [0.5, 0.6) is 0 Å². The van der Waals surface area contributed by atoms with Crippen LogP contribution in [0.1, 0.15) is 38.0 Å². The van der Waals surface area contributed by atoms with Gasteiger partial charge < -0.3 is 15.0 Å². The van der Waals surface area contributed by atoms with Crippen LogP contribution in [0.3, 0.4) is 0 Å². The normalized spacial score (nSPS) is 22.0. The van der Waals surface area contributed by atoms with E-state index in [9.17, 15) is 13.6 Å². The molecule has 154 valence electrons. The zero-order valence-electron chi connectivity index (χ0n) is 16.5. The molecule has 0 radical (unpaired) electrons. The Balaban J connectivity index is 1.85. The van der Waals surface area contributed by atoms with Crippen LogP contribution < -0.4 is 15.5 Å². The van der Waals surface area contributed by atoms with Gasteiger partial charge in [0.25, 0.3) is 5.92 Å². The number of carbonyl (C=O) groups excluding carboxylic acids is 1. The maximum absolute atomic E-state index is 14.3. The third-order valence-corrected chi connectivity index (χ3v) is 5.19. The third-order valence-electron chi connectivity index (χ3n) is 5.19. The lowest BCUT2D eigenvalue weighted by Crippen LogP contribution is -2.49. The number of amides is 1. The van der Waals surface area contributed by atoms with Gasteiger partial charge in [0.05, 0.1) is 5.69 Å². The first-order chi connectivity index (χ1) is 13.7. The number of anilines is 2. The first-order valence-electron chi connectivity index (χ1n) is 9.58. The van der Waals surface area contributed by atoms with E-state index in [0.29, 0.717) is 41.5 Å². The lowest BCUT2D eigenvalue weighted by atomic mass is 9.98. The topological polar surface area (TPSA) is 79.4 Å². The lowest BCUT2D eigenvalue weighted by molar-refractivity contribution is 0.0174. The number of hydrogen-bond acceptors (Lipinski definition) is 6. The highest BCUT2D eigenvalue weighted by Gasteiger charge is 2.31. The summed E-state index contributed by atoms with van der Waals surface area (Å²) in [5, 5.41) is 5.90. The van der Waals surface area contributed by atoms with Gasteiger partial charge in [0.15, 0.2) is 0 Å². The van der Waals surface area contributed by atoms with E-state index in [1.165, 1.54) is 18.3 Å². The summed E-state index contributed by atoms with van der Waals surface area (Å²) < 4.78 is 33.8. The van der Waals surface area contributed by atoms with Gasteiger partial charge in [-0.3, -0.25) is 5.32 Å². The Labute approximate surface area is 167 Å². The fraction of sp³-hybridized carbons (Fsp3) is 0.450. The van der Waals surface area contributed by atoms with Crippen molar-refractivity contribution in [1.82, 2.24) is 15.3 Å². The largest absolute Gasteiger partial charge is 0.441 e. The summed E-state index contributed by atoms with van der Waals surface area (Å²) in [5.41, 5.74) is 1.52. The molecule has 0 aromatic carbocycles. The maximum atomic E-state index is 14.3. The van der Waals surface area contributed by atoms with E-state index < -0.39 is 18.1 Å². The van der Waals surface area contributed by atoms with E-state index >= 15 is 0 Å². The molecule has 7 nitrogen and oxygen atoms in total. The fourth-order valence-corrected chi connectivity index (χ4v) is 3.76. The van der Waals surface area contributed by atoms with E-state index in [1.54, 1.807) is 13.0 Å². The predicted octanol–water partition coefficient (Wildman–Crippen LogP) is 3.68. The number of cyclic esters (lactones) is 1. The molecule has 0 spiro atoms. The Hall–Kier alpha value is -2.81. The number of hydrogen-bond donors (Lipinski definition) is 2. The Bertz CT molecular complexity index is 947. The predicted molar refractivity (Wildman–Crippen MR) is 105 cm³/mol. The van der Waals surface area contributed by atoms with E-state index in [4.69, 9.17) is 9.72 Å². The number of pyridine rings is 2. The van der Waals surface area contributed by atoms with Crippen molar-refractivity contribution >= 4 is 17.7 Å². The van der Waals surface area contributed by atoms with Gasteiger partial charge in [0.2, 0.25) is 0 Å². The molecule has 2 atom stereocenters. The minimum Gasteiger partial charge on any atom is -0.441 e. The van der Waals surface area contributed by atoms with Crippen molar-refractivity contribution in [3.8, 4) is 11.3 Å². The summed E-state index contributed by atoms with van der Waals surface area (Å²) in [5.74, 6) is -2.15. The van der Waals surface area contributed by atoms with Crippen LogP contribution in [0.4, 0.5) is 25.2 Å². The van der Waals surface area contributed by atoms with Gasteiger partial charge in [-0.05, 0) is 32.0 Å². The summed E-state index contributed by atoms with van der Waals surface area (Å²) in [6.07, 6.45) is 0.363. The number of piperazine rings is 1. The molecule has 2 aromatic heterocycles. The van der Waals surface area contributed by atoms with Crippen LogP contribution in [0.2, 0.25) is 0 Å². The second-order valence-electron chi connectivity index (χ2n) is 7.58. The lowest BCUT2D eigenvalue weighted by Gasteiger charge is -2.33. The van der Waals surface area contributed by atoms with Crippen molar-refractivity contribution in [2.75, 3.05) is 29.9 Å². The molecule has 2 N–H and O–H groups in total. The molecular weight excluding hydrogens is 380 g/mol. The maximum Gasteiger partial charge on any atom is 0.413 e. The molecule has 1 saturated heterocycles. The van der Waals surface area contributed by atoms with E-state index in [1.807, 2.05) is 11.8 Å². The van der Waals surface area contributed by atoms with Crippen molar-refractivity contribution in [2.45, 2.75) is 38.8 Å². The minimum atomic E-state index is -3.02. The van der Waals surface area contributed by atoms with Gasteiger partial charge in [-0.15, -0.1) is 0 Å². The number of halogens is 2. The van der Waals surface area contributed by atoms with Gasteiger partial charge in [0.1, 0.15) is 17.7 Å². The molecule has 2 aromatic rings. The van der Waals surface area contributed by atoms with Crippen LogP contribution in [0, 0.1) is 0 Å². The first-order valence-corrected chi connectivity index (χ1v) is 9.58. The molecule has 1 unspecified atom stereocenters. The van der Waals surface area contributed by atoms with Crippen LogP contribution in [-0.2, 0) is 10.7 Å². The molecule has 2 aliphatic rings. The molecule has 1 amide bonds. The number of ether oxygens (including phenoxy) is 1. The molecule has 29 heavy (non-hydrogen) atoms. The smallest absolute Gasteiger partial charge is 0.413 e. The SMILES string of the molecule is CC1OC(=O)Nc2nccc(-c3cc(C(C)(F)F)cc(N4CCN[C@@H](C)C4)n3)c21. The first kappa shape index (κ1) is 19.5. The highest BCUT2D eigenvalue weighted by Crippen LogP contribution is 2.39. The van der Waals surface area contributed by atoms with Crippen LogP contribution in [0.15, 0.2) is 24.4 Å². The molecule has 4 rings (SSSR count). The summed E-state index contributed by atoms with van der Waals surface area (Å²) in [6.45, 7) is 6.76. The molecule has 0 bridgehead atoms. The van der Waals surface area contributed by atoms with E-state index in [2.05, 4.69) is 15.6 Å². The van der Waals surface area contributed by atoms with Gasteiger partial charge in [-0.2, -0.15) is 0 Å². The Morgan fingerprint density at radius 1 is 1.31 bits per heavy atom. The van der Waals surface area contributed by atoms with Crippen molar-refractivity contribution in [1.29, 1.82) is 0 Å². The summed E-state index contributed by atoms with van der Waals surface area (Å²) in [4.78, 5) is 22.6.